The van der Waals surface area contributed by atoms with E-state index in [1.807, 2.05) is 25.7 Å². The first-order valence-corrected chi connectivity index (χ1v) is 14.9. The van der Waals surface area contributed by atoms with Crippen molar-refractivity contribution in [2.75, 3.05) is 36.4 Å². The van der Waals surface area contributed by atoms with Crippen molar-refractivity contribution in [3.05, 3.63) is 92.4 Å². The number of para-hydroxylation sites is 1. The van der Waals surface area contributed by atoms with Crippen molar-refractivity contribution in [3.8, 4) is 17.1 Å². The number of anilines is 2. The number of hydrogen-bond donors (Lipinski definition) is 2. The van der Waals surface area contributed by atoms with Crippen LogP contribution in [0.3, 0.4) is 0 Å². The molecule has 0 aliphatic carbocycles. The number of aromatic hydroxyl groups is 1. The molecule has 2 aliphatic rings. The van der Waals surface area contributed by atoms with Gasteiger partial charge in [0.1, 0.15) is 22.6 Å². The molecule has 234 valence electrons. The number of amides is 1. The van der Waals surface area contributed by atoms with Gasteiger partial charge in [0.05, 0.1) is 17.1 Å². The number of carbonyl (C=O) groups excluding carboxylic acids is 1. The highest BCUT2D eigenvalue weighted by molar-refractivity contribution is 6.00. The quantitative estimate of drug-likeness (QED) is 0.326. The summed E-state index contributed by atoms with van der Waals surface area (Å²) in [6, 6.07) is 6.97. The predicted molar refractivity (Wildman–Crippen MR) is 169 cm³/mol. The van der Waals surface area contributed by atoms with Crippen molar-refractivity contribution >= 4 is 28.2 Å². The minimum atomic E-state index is -1.04. The zero-order chi connectivity index (χ0) is 32.3. The molecule has 0 saturated carbocycles. The largest absolute Gasteiger partial charge is 0.506 e. The predicted octanol–water partition coefficient (Wildman–Crippen LogP) is 4.44. The van der Waals surface area contributed by atoms with Gasteiger partial charge < -0.3 is 20.2 Å². The molecule has 4 aromatic rings. The van der Waals surface area contributed by atoms with Crippen LogP contribution >= 0.6 is 0 Å². The van der Waals surface area contributed by atoms with Gasteiger partial charge in [-0.2, -0.15) is 0 Å². The number of hydrogen-bond acceptors (Lipinski definition) is 7. The van der Waals surface area contributed by atoms with Crippen LogP contribution in [-0.4, -0.2) is 62.3 Å². The number of piperazine rings is 1. The number of nitrogens with zero attached hydrogens (tertiary/aromatic N) is 5. The van der Waals surface area contributed by atoms with Gasteiger partial charge in [-0.05, 0) is 56.0 Å². The van der Waals surface area contributed by atoms with Gasteiger partial charge in [-0.1, -0.05) is 26.5 Å². The summed E-state index contributed by atoms with van der Waals surface area (Å²) in [5.41, 5.74) is 1.33. The molecule has 12 heteroatoms. The number of rotatable bonds is 4. The fourth-order valence-corrected chi connectivity index (χ4v) is 6.64. The lowest BCUT2D eigenvalue weighted by atomic mass is 10.0. The standard InChI is InChI=1S/C33H34F2N6O4/c1-17(2)25-27(18(3)9-11-36-25)41-29-22(15-19(4)40(33(29)45)30-23(35)7-6-8-24(30)42)28-26(32(41)44)37-12-10-21-16-38(13-14-39(21)28)31(43)20(5)34/h6-9,11,15,17,21,37,42H,5,10,12-14,16H2,1-4H3. The summed E-state index contributed by atoms with van der Waals surface area (Å²) in [5.74, 6) is -3.16. The summed E-state index contributed by atoms with van der Waals surface area (Å²) >= 11 is 0. The molecule has 1 fully saturated rings. The number of nitrogens with one attached hydrogen (secondary N) is 1. The molecule has 10 nitrogen and oxygen atoms in total. The van der Waals surface area contributed by atoms with Gasteiger partial charge in [-0.25, -0.2) is 8.78 Å². The van der Waals surface area contributed by atoms with Crippen LogP contribution in [0, 0.1) is 19.7 Å². The SMILES string of the molecule is C=C(F)C(=O)N1CCN2c3c(c(=O)n(-c4c(C)ccnc4C(C)C)c4c(=O)n(-c5c(O)cccc5F)c(C)cc34)NCCC2C1. The molecule has 2 N–H and O–H groups in total. The number of fused-ring (bicyclic) bond motifs is 5. The molecule has 1 saturated heterocycles. The zero-order valence-corrected chi connectivity index (χ0v) is 25.5. The number of carbonyl (C=O) groups is 1. The Morgan fingerprint density at radius 2 is 1.84 bits per heavy atom. The Morgan fingerprint density at radius 3 is 2.53 bits per heavy atom. The Labute approximate surface area is 257 Å². The Hall–Kier alpha value is -5.00. The van der Waals surface area contributed by atoms with E-state index in [1.165, 1.54) is 21.6 Å². The summed E-state index contributed by atoms with van der Waals surface area (Å²) in [5, 5.41) is 14.4. The maximum atomic E-state index is 15.3. The molecular weight excluding hydrogens is 582 g/mol. The number of aromatic nitrogens is 3. The summed E-state index contributed by atoms with van der Waals surface area (Å²) in [6.45, 7) is 11.5. The van der Waals surface area contributed by atoms with Crippen LogP contribution in [-0.2, 0) is 4.79 Å². The highest BCUT2D eigenvalue weighted by Crippen LogP contribution is 2.39. The van der Waals surface area contributed by atoms with Crippen molar-refractivity contribution in [3.63, 3.8) is 0 Å². The van der Waals surface area contributed by atoms with Crippen LogP contribution in [0.4, 0.5) is 20.2 Å². The molecule has 2 aliphatic heterocycles. The molecule has 1 aromatic carbocycles. The van der Waals surface area contributed by atoms with E-state index in [0.29, 0.717) is 46.7 Å². The van der Waals surface area contributed by atoms with Crippen molar-refractivity contribution in [2.45, 2.75) is 46.1 Å². The molecule has 1 amide bonds. The first-order valence-electron chi connectivity index (χ1n) is 14.9. The Kier molecular flexibility index (Phi) is 7.46. The van der Waals surface area contributed by atoms with Gasteiger partial charge in [-0.3, -0.25) is 28.5 Å². The minimum Gasteiger partial charge on any atom is -0.506 e. The Bertz CT molecular complexity index is 2000. The van der Waals surface area contributed by atoms with E-state index >= 15 is 4.39 Å². The maximum absolute atomic E-state index is 15.3. The van der Waals surface area contributed by atoms with Crippen LogP contribution in [0.15, 0.2) is 58.5 Å². The first kappa shape index (κ1) is 30.0. The van der Waals surface area contributed by atoms with E-state index < -0.39 is 34.4 Å². The minimum absolute atomic E-state index is 0.0110. The lowest BCUT2D eigenvalue weighted by Gasteiger charge is -2.42. The van der Waals surface area contributed by atoms with Crippen molar-refractivity contribution in [1.82, 2.24) is 19.0 Å². The average molecular weight is 617 g/mol. The summed E-state index contributed by atoms with van der Waals surface area (Å²) in [6.07, 6.45) is 2.18. The highest BCUT2D eigenvalue weighted by atomic mass is 19.1. The van der Waals surface area contributed by atoms with Crippen LogP contribution in [0.2, 0.25) is 0 Å². The molecule has 5 heterocycles. The lowest BCUT2D eigenvalue weighted by molar-refractivity contribution is -0.129. The van der Waals surface area contributed by atoms with Gasteiger partial charge in [0.15, 0.2) is 11.6 Å². The maximum Gasteiger partial charge on any atom is 0.282 e. The molecule has 3 aromatic heterocycles. The number of benzene rings is 1. The number of halogens is 2. The first-order chi connectivity index (χ1) is 21.4. The van der Waals surface area contributed by atoms with Gasteiger partial charge in [0.2, 0.25) is 0 Å². The van der Waals surface area contributed by atoms with Gasteiger partial charge >= 0.3 is 0 Å². The number of aryl methyl sites for hydroxylation is 2. The van der Waals surface area contributed by atoms with Crippen LogP contribution in [0.5, 0.6) is 5.75 Å². The van der Waals surface area contributed by atoms with Gasteiger partial charge in [-0.15, -0.1) is 0 Å². The molecule has 6 rings (SSSR count). The number of phenols is 1. The number of pyridine rings is 3. The van der Waals surface area contributed by atoms with Crippen LogP contribution in [0.25, 0.3) is 22.3 Å². The molecule has 1 unspecified atom stereocenters. The molecule has 0 bridgehead atoms. The molecule has 1 atom stereocenters. The smallest absolute Gasteiger partial charge is 0.282 e. The average Bonchev–Trinajstić information content (AvgIpc) is 3.18. The van der Waals surface area contributed by atoms with Gasteiger partial charge in [0, 0.05) is 49.5 Å². The fraction of sp³-hybridized carbons (Fsp3) is 0.333. The summed E-state index contributed by atoms with van der Waals surface area (Å²) < 4.78 is 31.5. The van der Waals surface area contributed by atoms with E-state index in [0.717, 1.165) is 10.6 Å². The molecule has 0 radical (unpaired) electrons. The fourth-order valence-electron chi connectivity index (χ4n) is 6.64. The lowest BCUT2D eigenvalue weighted by Crippen LogP contribution is -2.55. The monoisotopic (exact) mass is 616 g/mol. The van der Waals surface area contributed by atoms with Crippen LogP contribution < -0.4 is 21.3 Å². The van der Waals surface area contributed by atoms with Crippen molar-refractivity contribution in [1.29, 1.82) is 0 Å². The third-order valence-corrected chi connectivity index (χ3v) is 8.68. The van der Waals surface area contributed by atoms with E-state index in [2.05, 4.69) is 16.9 Å². The van der Waals surface area contributed by atoms with Crippen molar-refractivity contribution in [2.24, 2.45) is 0 Å². The second-order valence-corrected chi connectivity index (χ2v) is 11.9. The van der Waals surface area contributed by atoms with E-state index in [9.17, 15) is 23.9 Å². The Morgan fingerprint density at radius 1 is 1.09 bits per heavy atom. The zero-order valence-electron chi connectivity index (χ0n) is 25.5. The molecule has 0 spiro atoms. The summed E-state index contributed by atoms with van der Waals surface area (Å²) in [7, 11) is 0. The van der Waals surface area contributed by atoms with E-state index in [1.54, 1.807) is 25.3 Å². The van der Waals surface area contributed by atoms with Crippen molar-refractivity contribution < 1.29 is 18.7 Å². The van der Waals surface area contributed by atoms with Gasteiger partial charge in [0.25, 0.3) is 17.0 Å². The molecule has 45 heavy (non-hydrogen) atoms. The second kappa shape index (κ2) is 11.2. The normalized spacial score (nSPS) is 16.3. The topological polar surface area (TPSA) is 113 Å². The van der Waals surface area contributed by atoms with E-state index in [4.69, 9.17) is 0 Å². The third kappa shape index (κ3) is 4.75. The Balaban J connectivity index is 1.74. The van der Waals surface area contributed by atoms with E-state index in [-0.39, 0.29) is 48.5 Å². The highest BCUT2D eigenvalue weighted by Gasteiger charge is 2.37. The second-order valence-electron chi connectivity index (χ2n) is 11.9. The summed E-state index contributed by atoms with van der Waals surface area (Å²) in [4.78, 5) is 49.9. The number of phenolic OH excluding ortho intramolecular Hbond substituents is 1. The molecular formula is C33H34F2N6O4. The third-order valence-electron chi connectivity index (χ3n) is 8.68. The van der Waals surface area contributed by atoms with Crippen LogP contribution in [0.1, 0.15) is 43.1 Å².